The van der Waals surface area contributed by atoms with Gasteiger partial charge in [-0.25, -0.2) is 0 Å². The Hall–Kier alpha value is -0.760. The number of rotatable bonds is 6. The van der Waals surface area contributed by atoms with E-state index < -0.39 is 0 Å². The summed E-state index contributed by atoms with van der Waals surface area (Å²) in [6, 6.07) is 4.55. The van der Waals surface area contributed by atoms with Crippen LogP contribution in [0.1, 0.15) is 38.8 Å². The molecule has 0 aromatic carbocycles. The van der Waals surface area contributed by atoms with Crippen molar-refractivity contribution in [2.24, 2.45) is 5.73 Å². The fourth-order valence-electron chi connectivity index (χ4n) is 1.71. The van der Waals surface area contributed by atoms with Gasteiger partial charge in [0.05, 0.1) is 0 Å². The summed E-state index contributed by atoms with van der Waals surface area (Å²) in [4.78, 5) is 0. The number of aromatic nitrogens is 1. The number of nitrogens with zero attached hydrogens (tertiary/aromatic N) is 1. The van der Waals surface area contributed by atoms with Crippen molar-refractivity contribution in [1.29, 1.82) is 0 Å². The SMILES string of the molecule is CCCCCn1cccc1CC(C)N. The third-order valence-corrected chi connectivity index (χ3v) is 2.46. The minimum Gasteiger partial charge on any atom is -0.351 e. The third kappa shape index (κ3) is 3.54. The molecule has 0 aliphatic carbocycles. The van der Waals surface area contributed by atoms with E-state index in [1.165, 1.54) is 25.0 Å². The van der Waals surface area contributed by atoms with Gasteiger partial charge in [0.15, 0.2) is 0 Å². The van der Waals surface area contributed by atoms with E-state index in [0.717, 1.165) is 13.0 Å². The van der Waals surface area contributed by atoms with Crippen molar-refractivity contribution in [3.8, 4) is 0 Å². The molecule has 2 N–H and O–H groups in total. The zero-order valence-corrected chi connectivity index (χ0v) is 9.37. The number of hydrogen-bond acceptors (Lipinski definition) is 1. The fourth-order valence-corrected chi connectivity index (χ4v) is 1.71. The van der Waals surface area contributed by atoms with Gasteiger partial charge in [-0.1, -0.05) is 19.8 Å². The quantitative estimate of drug-likeness (QED) is 0.693. The Kier molecular flexibility index (Phi) is 4.74. The van der Waals surface area contributed by atoms with E-state index in [4.69, 9.17) is 5.73 Å². The van der Waals surface area contributed by atoms with Crippen molar-refractivity contribution in [2.45, 2.75) is 52.1 Å². The molecule has 0 aliphatic heterocycles. The van der Waals surface area contributed by atoms with Crippen LogP contribution in [0.5, 0.6) is 0 Å². The van der Waals surface area contributed by atoms with Crippen LogP contribution in [0, 0.1) is 0 Å². The van der Waals surface area contributed by atoms with Gasteiger partial charge in [-0.3, -0.25) is 0 Å². The summed E-state index contributed by atoms with van der Waals surface area (Å²) in [5.74, 6) is 0. The number of hydrogen-bond donors (Lipinski definition) is 1. The molecule has 1 heterocycles. The summed E-state index contributed by atoms with van der Waals surface area (Å²) in [5.41, 5.74) is 7.17. The van der Waals surface area contributed by atoms with E-state index in [0.29, 0.717) is 0 Å². The van der Waals surface area contributed by atoms with Crippen LogP contribution in [0.4, 0.5) is 0 Å². The van der Waals surface area contributed by atoms with Crippen molar-refractivity contribution in [1.82, 2.24) is 4.57 Å². The van der Waals surface area contributed by atoms with Gasteiger partial charge in [0, 0.05) is 30.9 Å². The first-order valence-corrected chi connectivity index (χ1v) is 5.63. The number of nitrogens with two attached hydrogens (primary N) is 1. The summed E-state index contributed by atoms with van der Waals surface area (Å²) >= 11 is 0. The zero-order valence-electron chi connectivity index (χ0n) is 9.37. The van der Waals surface area contributed by atoms with Crippen LogP contribution in [0.25, 0.3) is 0 Å². The van der Waals surface area contributed by atoms with Gasteiger partial charge in [-0.15, -0.1) is 0 Å². The molecule has 1 atom stereocenters. The normalized spacial score (nSPS) is 13.1. The Morgan fingerprint density at radius 2 is 2.21 bits per heavy atom. The minimum absolute atomic E-state index is 0.259. The van der Waals surface area contributed by atoms with Crippen LogP contribution < -0.4 is 5.73 Å². The van der Waals surface area contributed by atoms with E-state index >= 15 is 0 Å². The van der Waals surface area contributed by atoms with Gasteiger partial charge >= 0.3 is 0 Å². The van der Waals surface area contributed by atoms with Crippen LogP contribution >= 0.6 is 0 Å². The van der Waals surface area contributed by atoms with Gasteiger partial charge in [0.25, 0.3) is 0 Å². The van der Waals surface area contributed by atoms with E-state index in [9.17, 15) is 0 Å². The highest BCUT2D eigenvalue weighted by Crippen LogP contribution is 2.07. The smallest absolute Gasteiger partial charge is 0.0222 e. The number of unbranched alkanes of at least 4 members (excludes halogenated alkanes) is 2. The maximum absolute atomic E-state index is 5.79. The van der Waals surface area contributed by atoms with Gasteiger partial charge in [-0.2, -0.15) is 0 Å². The predicted molar refractivity (Wildman–Crippen MR) is 61.3 cm³/mol. The first-order chi connectivity index (χ1) is 6.74. The molecule has 14 heavy (non-hydrogen) atoms. The van der Waals surface area contributed by atoms with Crippen LogP contribution in [0.3, 0.4) is 0 Å². The lowest BCUT2D eigenvalue weighted by atomic mass is 10.2. The Balaban J connectivity index is 2.45. The lowest BCUT2D eigenvalue weighted by molar-refractivity contribution is 0.573. The highest BCUT2D eigenvalue weighted by Gasteiger charge is 2.02. The van der Waals surface area contributed by atoms with Crippen LogP contribution in [-0.4, -0.2) is 10.6 Å². The summed E-state index contributed by atoms with van der Waals surface area (Å²) in [5, 5.41) is 0. The molecule has 80 valence electrons. The largest absolute Gasteiger partial charge is 0.351 e. The van der Waals surface area contributed by atoms with Gasteiger partial charge in [0.1, 0.15) is 0 Å². The number of aryl methyl sites for hydroxylation is 1. The monoisotopic (exact) mass is 194 g/mol. The Bertz CT molecular complexity index is 251. The van der Waals surface area contributed by atoms with Crippen molar-refractivity contribution in [3.63, 3.8) is 0 Å². The van der Waals surface area contributed by atoms with E-state index in [1.807, 2.05) is 0 Å². The molecule has 0 saturated heterocycles. The van der Waals surface area contributed by atoms with Crippen molar-refractivity contribution >= 4 is 0 Å². The summed E-state index contributed by atoms with van der Waals surface area (Å²) in [7, 11) is 0. The van der Waals surface area contributed by atoms with Crippen molar-refractivity contribution in [2.75, 3.05) is 0 Å². The van der Waals surface area contributed by atoms with Gasteiger partial charge in [-0.05, 0) is 25.5 Å². The zero-order chi connectivity index (χ0) is 10.4. The van der Waals surface area contributed by atoms with Crippen LogP contribution in [0.2, 0.25) is 0 Å². The highest BCUT2D eigenvalue weighted by atomic mass is 15.0. The Morgan fingerprint density at radius 3 is 2.86 bits per heavy atom. The van der Waals surface area contributed by atoms with E-state index in [-0.39, 0.29) is 6.04 Å². The Morgan fingerprint density at radius 1 is 1.43 bits per heavy atom. The molecule has 1 unspecified atom stereocenters. The molecule has 0 radical (unpaired) electrons. The lowest BCUT2D eigenvalue weighted by Gasteiger charge is -2.10. The maximum Gasteiger partial charge on any atom is 0.0222 e. The first-order valence-electron chi connectivity index (χ1n) is 5.63. The molecule has 0 amide bonds. The topological polar surface area (TPSA) is 30.9 Å². The second kappa shape index (κ2) is 5.86. The molecule has 0 fully saturated rings. The molecule has 0 saturated carbocycles. The van der Waals surface area contributed by atoms with Crippen LogP contribution in [0.15, 0.2) is 18.3 Å². The standard InChI is InChI=1S/C12H22N2/c1-3-4-5-8-14-9-6-7-12(14)10-11(2)13/h6-7,9,11H,3-5,8,10,13H2,1-2H3. The van der Waals surface area contributed by atoms with Gasteiger partial charge in [0.2, 0.25) is 0 Å². The molecule has 1 aromatic heterocycles. The molecule has 0 spiro atoms. The van der Waals surface area contributed by atoms with Crippen molar-refractivity contribution < 1.29 is 0 Å². The third-order valence-electron chi connectivity index (χ3n) is 2.46. The molecule has 2 heteroatoms. The van der Waals surface area contributed by atoms with Crippen LogP contribution in [-0.2, 0) is 13.0 Å². The minimum atomic E-state index is 0.259. The Labute approximate surface area is 87.1 Å². The van der Waals surface area contributed by atoms with Gasteiger partial charge < -0.3 is 10.3 Å². The van der Waals surface area contributed by atoms with Crippen molar-refractivity contribution in [3.05, 3.63) is 24.0 Å². The molecule has 2 nitrogen and oxygen atoms in total. The van der Waals surface area contributed by atoms with E-state index in [1.54, 1.807) is 0 Å². The molecule has 1 rings (SSSR count). The first kappa shape index (κ1) is 11.3. The highest BCUT2D eigenvalue weighted by molar-refractivity contribution is 5.08. The summed E-state index contributed by atoms with van der Waals surface area (Å²) in [6.07, 6.45) is 7.02. The average Bonchev–Trinajstić information content (AvgIpc) is 2.52. The predicted octanol–water partition coefficient (Wildman–Crippen LogP) is 2.57. The molecular weight excluding hydrogens is 172 g/mol. The van der Waals surface area contributed by atoms with E-state index in [2.05, 4.69) is 36.7 Å². The summed E-state index contributed by atoms with van der Waals surface area (Å²) < 4.78 is 2.33. The second-order valence-electron chi connectivity index (χ2n) is 4.08. The molecule has 1 aromatic rings. The average molecular weight is 194 g/mol. The lowest BCUT2D eigenvalue weighted by Crippen LogP contribution is -2.19. The second-order valence-corrected chi connectivity index (χ2v) is 4.08. The molecule has 0 aliphatic rings. The summed E-state index contributed by atoms with van der Waals surface area (Å²) in [6.45, 7) is 5.44. The maximum atomic E-state index is 5.79. The molecular formula is C12H22N2. The molecule has 0 bridgehead atoms. The fraction of sp³-hybridized carbons (Fsp3) is 0.667.